The third-order valence-corrected chi connectivity index (χ3v) is 3.22. The molecule has 2 rings (SSSR count). The first-order valence-corrected chi connectivity index (χ1v) is 6.31. The van der Waals surface area contributed by atoms with E-state index in [1.807, 2.05) is 49.6 Å². The zero-order valence-corrected chi connectivity index (χ0v) is 11.3. The molecule has 0 aliphatic carbocycles. The van der Waals surface area contributed by atoms with Gasteiger partial charge in [-0.2, -0.15) is 5.26 Å². The number of pyridine rings is 1. The number of likely N-dealkylation sites (N-methyl/N-ethyl adjacent to an activating group) is 1. The van der Waals surface area contributed by atoms with Crippen LogP contribution in [0.15, 0.2) is 42.7 Å². The molecule has 1 heterocycles. The molecular formula is C16H17N3. The van der Waals surface area contributed by atoms with Crippen molar-refractivity contribution in [2.24, 2.45) is 0 Å². The van der Waals surface area contributed by atoms with Crippen molar-refractivity contribution < 1.29 is 0 Å². The van der Waals surface area contributed by atoms with E-state index >= 15 is 0 Å². The Morgan fingerprint density at radius 1 is 1.21 bits per heavy atom. The Hall–Kier alpha value is -2.34. The maximum Gasteiger partial charge on any atom is 0.0991 e. The van der Waals surface area contributed by atoms with Crippen LogP contribution in [0.4, 0.5) is 5.69 Å². The number of nitrogens with zero attached hydrogens (tertiary/aromatic N) is 3. The van der Waals surface area contributed by atoms with E-state index in [2.05, 4.69) is 23.0 Å². The molecule has 0 saturated carbocycles. The van der Waals surface area contributed by atoms with Crippen LogP contribution in [0.5, 0.6) is 0 Å². The lowest BCUT2D eigenvalue weighted by Crippen LogP contribution is -2.21. The Morgan fingerprint density at radius 2 is 1.95 bits per heavy atom. The Kier molecular flexibility index (Phi) is 4.15. The number of anilines is 1. The first kappa shape index (κ1) is 13.1. The molecule has 0 N–H and O–H groups in total. The van der Waals surface area contributed by atoms with Crippen molar-refractivity contribution >= 4 is 5.69 Å². The number of benzene rings is 1. The minimum absolute atomic E-state index is 0.712. The highest BCUT2D eigenvalue weighted by Gasteiger charge is 2.05. The lowest BCUT2D eigenvalue weighted by molar-refractivity contribution is 0.871. The predicted octanol–water partition coefficient (Wildman–Crippen LogP) is 2.94. The normalized spacial score (nSPS) is 9.95. The number of aryl methyl sites for hydroxylation is 1. The van der Waals surface area contributed by atoms with Crippen molar-refractivity contribution in [3.05, 3.63) is 59.4 Å². The van der Waals surface area contributed by atoms with Crippen molar-refractivity contribution in [3.63, 3.8) is 0 Å². The van der Waals surface area contributed by atoms with E-state index in [4.69, 9.17) is 5.26 Å². The zero-order chi connectivity index (χ0) is 13.7. The van der Waals surface area contributed by atoms with Crippen LogP contribution in [0, 0.1) is 18.3 Å². The Morgan fingerprint density at radius 3 is 2.58 bits per heavy atom. The maximum atomic E-state index is 8.87. The largest absolute Gasteiger partial charge is 0.374 e. The molecule has 0 spiro atoms. The van der Waals surface area contributed by atoms with Crippen LogP contribution in [-0.4, -0.2) is 18.6 Å². The molecule has 0 atom stereocenters. The summed E-state index contributed by atoms with van der Waals surface area (Å²) >= 11 is 0. The minimum Gasteiger partial charge on any atom is -0.374 e. The highest BCUT2D eigenvalue weighted by atomic mass is 15.1. The summed E-state index contributed by atoms with van der Waals surface area (Å²) in [7, 11) is 2.08. The van der Waals surface area contributed by atoms with Crippen LogP contribution in [0.25, 0.3) is 0 Å². The summed E-state index contributed by atoms with van der Waals surface area (Å²) in [5, 5.41) is 8.87. The van der Waals surface area contributed by atoms with Gasteiger partial charge >= 0.3 is 0 Å². The van der Waals surface area contributed by atoms with E-state index in [1.54, 1.807) is 0 Å². The van der Waals surface area contributed by atoms with E-state index < -0.39 is 0 Å². The van der Waals surface area contributed by atoms with Gasteiger partial charge in [0.25, 0.3) is 0 Å². The van der Waals surface area contributed by atoms with Gasteiger partial charge in [0.2, 0.25) is 0 Å². The van der Waals surface area contributed by atoms with Gasteiger partial charge in [-0.3, -0.25) is 4.98 Å². The van der Waals surface area contributed by atoms with Crippen molar-refractivity contribution in [1.82, 2.24) is 4.98 Å². The lowest BCUT2D eigenvalue weighted by Gasteiger charge is -2.21. The average Bonchev–Trinajstić information content (AvgIpc) is 2.45. The molecule has 0 radical (unpaired) electrons. The highest BCUT2D eigenvalue weighted by Crippen LogP contribution is 2.20. The van der Waals surface area contributed by atoms with E-state index in [-0.39, 0.29) is 0 Å². The number of hydrogen-bond donors (Lipinski definition) is 0. The zero-order valence-electron chi connectivity index (χ0n) is 11.3. The van der Waals surface area contributed by atoms with Crippen LogP contribution < -0.4 is 4.90 Å². The van der Waals surface area contributed by atoms with Crippen molar-refractivity contribution in [2.45, 2.75) is 13.3 Å². The SMILES string of the molecule is Cc1cc(C#N)ccc1N(C)CCc1ccncc1. The van der Waals surface area contributed by atoms with Crippen molar-refractivity contribution in [3.8, 4) is 6.07 Å². The smallest absolute Gasteiger partial charge is 0.0991 e. The van der Waals surface area contributed by atoms with Gasteiger partial charge in [0.1, 0.15) is 0 Å². The molecule has 0 fully saturated rings. The number of aromatic nitrogens is 1. The fourth-order valence-electron chi connectivity index (χ4n) is 2.12. The number of nitriles is 1. The molecule has 0 aliphatic rings. The van der Waals surface area contributed by atoms with Crippen LogP contribution in [0.1, 0.15) is 16.7 Å². The van der Waals surface area contributed by atoms with E-state index in [0.29, 0.717) is 5.56 Å². The molecule has 1 aromatic heterocycles. The summed E-state index contributed by atoms with van der Waals surface area (Å²) < 4.78 is 0. The number of rotatable bonds is 4. The molecule has 0 amide bonds. The molecule has 1 aromatic carbocycles. The molecule has 0 aliphatic heterocycles. The molecule has 96 valence electrons. The average molecular weight is 251 g/mol. The van der Waals surface area contributed by atoms with Gasteiger partial charge in [0.05, 0.1) is 11.6 Å². The number of hydrogen-bond acceptors (Lipinski definition) is 3. The molecule has 0 unspecified atom stereocenters. The Balaban J connectivity index is 2.04. The lowest BCUT2D eigenvalue weighted by atomic mass is 10.1. The Labute approximate surface area is 114 Å². The summed E-state index contributed by atoms with van der Waals surface area (Å²) in [6.07, 6.45) is 4.63. The fraction of sp³-hybridized carbons (Fsp3) is 0.250. The standard InChI is InChI=1S/C16H17N3/c1-13-11-15(12-17)3-4-16(13)19(2)10-7-14-5-8-18-9-6-14/h3-6,8-9,11H,7,10H2,1-2H3. The van der Waals surface area contributed by atoms with Gasteiger partial charge in [0, 0.05) is 31.7 Å². The van der Waals surface area contributed by atoms with Gasteiger partial charge < -0.3 is 4.90 Å². The predicted molar refractivity (Wildman–Crippen MR) is 77.1 cm³/mol. The molecule has 0 bridgehead atoms. The molecular weight excluding hydrogens is 234 g/mol. The summed E-state index contributed by atoms with van der Waals surface area (Å²) in [5.74, 6) is 0. The van der Waals surface area contributed by atoms with E-state index in [9.17, 15) is 0 Å². The van der Waals surface area contributed by atoms with Gasteiger partial charge in [-0.05, 0) is 54.8 Å². The quantitative estimate of drug-likeness (QED) is 0.838. The molecule has 3 heteroatoms. The second-order valence-electron chi connectivity index (χ2n) is 4.64. The summed E-state index contributed by atoms with van der Waals surface area (Å²) in [5.41, 5.74) is 4.31. The van der Waals surface area contributed by atoms with Crippen LogP contribution in [0.3, 0.4) is 0 Å². The Bertz CT molecular complexity index is 585. The van der Waals surface area contributed by atoms with Gasteiger partial charge in [-0.25, -0.2) is 0 Å². The first-order chi connectivity index (χ1) is 9.20. The second-order valence-corrected chi connectivity index (χ2v) is 4.64. The minimum atomic E-state index is 0.712. The summed E-state index contributed by atoms with van der Waals surface area (Å²) in [4.78, 5) is 6.24. The third-order valence-electron chi connectivity index (χ3n) is 3.22. The molecule has 0 saturated heterocycles. The van der Waals surface area contributed by atoms with Gasteiger partial charge in [-0.1, -0.05) is 0 Å². The summed E-state index contributed by atoms with van der Waals surface area (Å²) in [6, 6.07) is 12.1. The first-order valence-electron chi connectivity index (χ1n) is 6.31. The monoisotopic (exact) mass is 251 g/mol. The van der Waals surface area contributed by atoms with Crippen molar-refractivity contribution in [2.75, 3.05) is 18.5 Å². The van der Waals surface area contributed by atoms with Gasteiger partial charge in [0.15, 0.2) is 0 Å². The second kappa shape index (κ2) is 6.01. The topological polar surface area (TPSA) is 39.9 Å². The molecule has 19 heavy (non-hydrogen) atoms. The third kappa shape index (κ3) is 3.32. The highest BCUT2D eigenvalue weighted by molar-refractivity contribution is 5.55. The fourth-order valence-corrected chi connectivity index (χ4v) is 2.12. The molecule has 2 aromatic rings. The van der Waals surface area contributed by atoms with Gasteiger partial charge in [-0.15, -0.1) is 0 Å². The molecule has 3 nitrogen and oxygen atoms in total. The van der Waals surface area contributed by atoms with Crippen LogP contribution in [-0.2, 0) is 6.42 Å². The van der Waals surface area contributed by atoms with E-state index in [1.165, 1.54) is 11.3 Å². The maximum absolute atomic E-state index is 8.87. The van der Waals surface area contributed by atoms with Crippen LogP contribution in [0.2, 0.25) is 0 Å². The van der Waals surface area contributed by atoms with Crippen LogP contribution >= 0.6 is 0 Å². The van der Waals surface area contributed by atoms with Crippen molar-refractivity contribution in [1.29, 1.82) is 5.26 Å². The van der Waals surface area contributed by atoms with E-state index in [0.717, 1.165) is 18.5 Å². The summed E-state index contributed by atoms with van der Waals surface area (Å²) in [6.45, 7) is 2.98.